The molecule has 0 N–H and O–H groups in total. The van der Waals surface area contributed by atoms with Gasteiger partial charge in [0.25, 0.3) is 0 Å². The number of fused-ring (bicyclic) bond motifs is 6. The molecular weight excluding hydrogens is 743 g/mol. The van der Waals surface area contributed by atoms with Crippen LogP contribution in [0.2, 0.25) is 0 Å². The average Bonchev–Trinajstić information content (AvgIpc) is 3.94. The molecule has 0 aromatic heterocycles. The number of hydrogen-bond acceptors (Lipinski definition) is 7. The van der Waals surface area contributed by atoms with E-state index in [1.54, 1.807) is 72.8 Å². The van der Waals surface area contributed by atoms with Crippen molar-refractivity contribution < 1.29 is 30.0 Å². The zero-order valence-corrected chi connectivity index (χ0v) is 34.2. The summed E-state index contributed by atoms with van der Waals surface area (Å²) in [7, 11) is -11.8. The van der Waals surface area contributed by atoms with Crippen molar-refractivity contribution in [3.05, 3.63) is 123 Å². The molecule has 0 radical (unpaired) electrons. The van der Waals surface area contributed by atoms with E-state index in [1.807, 2.05) is 41.5 Å². The Balaban J connectivity index is 0.000000833. The molecule has 288 valence electrons. The number of benzene rings is 4. The first-order valence-electron chi connectivity index (χ1n) is 18.4. The zero-order chi connectivity index (χ0) is 38.8. The molecule has 0 amide bonds. The number of aryl methyl sites for hydroxylation is 3. The summed E-state index contributed by atoms with van der Waals surface area (Å²) in [5.74, 6) is 0. The van der Waals surface area contributed by atoms with E-state index in [1.165, 1.54) is 25.8 Å². The molecule has 54 heavy (non-hydrogen) atoms. The van der Waals surface area contributed by atoms with Gasteiger partial charge >= 0.3 is 0 Å². The minimum absolute atomic E-state index is 0.0617. The van der Waals surface area contributed by atoms with E-state index >= 15 is 0 Å². The fourth-order valence-corrected chi connectivity index (χ4v) is 12.5. The summed E-state index contributed by atoms with van der Waals surface area (Å²) in [6.45, 7) is 14.0. The second-order valence-electron chi connectivity index (χ2n) is 15.9. The Kier molecular flexibility index (Phi) is 10.3. The number of rotatable bonds is 6. The van der Waals surface area contributed by atoms with Crippen LogP contribution in [0.25, 0.3) is 0 Å². The lowest BCUT2D eigenvalue weighted by Gasteiger charge is -2.35. The highest BCUT2D eigenvalue weighted by atomic mass is 32.2. The number of ether oxygens (including phenoxy) is 1. The highest BCUT2D eigenvalue weighted by Gasteiger charge is 2.51. The number of nitrogens with zero attached hydrogens (tertiary/aromatic N) is 3. The average molecular weight is 792 g/mol. The number of sulfonamides is 3. The van der Waals surface area contributed by atoms with E-state index in [0.29, 0.717) is 0 Å². The third-order valence-corrected chi connectivity index (χ3v) is 16.4. The molecule has 8 rings (SSSR count). The molecule has 0 aliphatic carbocycles. The molecule has 4 aliphatic rings. The van der Waals surface area contributed by atoms with Crippen molar-refractivity contribution in [1.29, 1.82) is 0 Å². The number of hydrogen-bond donors (Lipinski definition) is 0. The van der Waals surface area contributed by atoms with Gasteiger partial charge in [-0.05, 0) is 109 Å². The van der Waals surface area contributed by atoms with Gasteiger partial charge in [0.15, 0.2) is 0 Å². The van der Waals surface area contributed by atoms with Crippen molar-refractivity contribution in [2.24, 2.45) is 5.41 Å². The van der Waals surface area contributed by atoms with Gasteiger partial charge in [-0.2, -0.15) is 12.9 Å². The van der Waals surface area contributed by atoms with Gasteiger partial charge in [0.05, 0.1) is 20.7 Å². The summed E-state index contributed by atoms with van der Waals surface area (Å²) < 4.78 is 94.5. The summed E-state index contributed by atoms with van der Waals surface area (Å²) >= 11 is 0. The van der Waals surface area contributed by atoms with Crippen molar-refractivity contribution in [2.45, 2.75) is 108 Å². The van der Waals surface area contributed by atoms with Crippen LogP contribution in [0.1, 0.15) is 89.7 Å². The molecule has 0 bridgehead atoms. The Morgan fingerprint density at radius 2 is 0.833 bits per heavy atom. The van der Waals surface area contributed by atoms with E-state index < -0.39 is 41.5 Å². The lowest BCUT2D eigenvalue weighted by atomic mass is 9.78. The van der Waals surface area contributed by atoms with E-state index in [-0.39, 0.29) is 47.4 Å². The van der Waals surface area contributed by atoms with Crippen molar-refractivity contribution in [3.8, 4) is 0 Å². The van der Waals surface area contributed by atoms with E-state index in [4.69, 9.17) is 4.74 Å². The maximum atomic E-state index is 14.5. The molecule has 0 spiro atoms. The van der Waals surface area contributed by atoms with Crippen LogP contribution < -0.4 is 0 Å². The molecule has 1 atom stereocenters. The van der Waals surface area contributed by atoms with E-state index in [2.05, 4.69) is 0 Å². The van der Waals surface area contributed by atoms with Gasteiger partial charge in [-0.1, -0.05) is 73.9 Å². The van der Waals surface area contributed by atoms with Crippen molar-refractivity contribution in [1.82, 2.24) is 12.9 Å². The van der Waals surface area contributed by atoms with E-state index in [0.717, 1.165) is 63.3 Å². The van der Waals surface area contributed by atoms with Gasteiger partial charge in [0, 0.05) is 45.9 Å². The molecule has 4 aromatic rings. The highest BCUT2D eigenvalue weighted by Crippen LogP contribution is 2.54. The second kappa shape index (κ2) is 14.3. The lowest BCUT2D eigenvalue weighted by Crippen LogP contribution is -2.36. The minimum atomic E-state index is -4.00. The SMILES string of the molecule is C1CCOC1.Cc1ccc(S(=O)(=O)N2Cc3c4c(c5c(c3C2)CN(S(=O)(=O)c2ccc(C)cc2)[C@H]5C(C)(C)C)CN(S(=O)(=O)c2ccc(C)cc2)C4)cc1. The smallest absolute Gasteiger partial charge is 0.243 e. The maximum absolute atomic E-state index is 14.5. The highest BCUT2D eigenvalue weighted by molar-refractivity contribution is 7.89. The monoisotopic (exact) mass is 791 g/mol. The van der Waals surface area contributed by atoms with Gasteiger partial charge in [-0.3, -0.25) is 0 Å². The summed E-state index contributed by atoms with van der Waals surface area (Å²) in [4.78, 5) is 0.540. The Hall–Kier alpha value is -3.43. The quantitative estimate of drug-likeness (QED) is 0.204. The first-order chi connectivity index (χ1) is 25.4. The molecule has 1 fully saturated rings. The van der Waals surface area contributed by atoms with E-state index in [9.17, 15) is 25.3 Å². The van der Waals surface area contributed by atoms with Crippen LogP contribution in [0, 0.1) is 26.2 Å². The first-order valence-corrected chi connectivity index (χ1v) is 22.7. The summed E-state index contributed by atoms with van der Waals surface area (Å²) in [6, 6.07) is 19.7. The standard InChI is InChI=1S/C37H41N3O6S3.C4H8O/c1-24-7-13-27(14-8-24)47(41,42)38-19-30-31-20-39(48(43,44)28-15-9-25(2)10-16-28)22-33(31)35-34(32(30)21-38)23-40(36(35)37(4,5)6)49(45,46)29-17-11-26(3)12-18-29;1-2-4-5-3-1/h7-18,36H,19-23H2,1-6H3;1-4H2/t36-;/m1./s1. The van der Waals surface area contributed by atoms with Gasteiger partial charge in [-0.25, -0.2) is 25.3 Å². The van der Waals surface area contributed by atoms with Crippen molar-refractivity contribution in [3.63, 3.8) is 0 Å². The van der Waals surface area contributed by atoms with Crippen LogP contribution in [0.15, 0.2) is 87.5 Å². The molecule has 4 aromatic carbocycles. The molecule has 1 saturated heterocycles. The van der Waals surface area contributed by atoms with Gasteiger partial charge < -0.3 is 4.74 Å². The summed E-state index contributed by atoms with van der Waals surface area (Å²) in [5.41, 5.74) is 6.92. The molecule has 0 unspecified atom stereocenters. The van der Waals surface area contributed by atoms with Crippen LogP contribution in [0.4, 0.5) is 0 Å². The van der Waals surface area contributed by atoms with Gasteiger partial charge in [-0.15, -0.1) is 0 Å². The lowest BCUT2D eigenvalue weighted by molar-refractivity contribution is 0.193. The maximum Gasteiger partial charge on any atom is 0.243 e. The molecule has 0 saturated carbocycles. The summed E-state index contributed by atoms with van der Waals surface area (Å²) in [5, 5.41) is 0. The van der Waals surface area contributed by atoms with Crippen LogP contribution in [-0.4, -0.2) is 51.4 Å². The molecule has 13 heteroatoms. The Labute approximate surface area is 320 Å². The predicted molar refractivity (Wildman–Crippen MR) is 208 cm³/mol. The third kappa shape index (κ3) is 6.97. The Morgan fingerprint density at radius 1 is 0.500 bits per heavy atom. The first kappa shape index (κ1) is 38.8. The fraction of sp³-hybridized carbons (Fsp3) is 0.415. The summed E-state index contributed by atoms with van der Waals surface area (Å²) in [6.07, 6.45) is 2.56. The second-order valence-corrected chi connectivity index (χ2v) is 21.7. The van der Waals surface area contributed by atoms with Crippen molar-refractivity contribution in [2.75, 3.05) is 13.2 Å². The molecule has 4 aliphatic heterocycles. The Morgan fingerprint density at radius 3 is 1.19 bits per heavy atom. The normalized spacial score (nSPS) is 19.3. The fourth-order valence-electron chi connectivity index (χ4n) is 8.03. The predicted octanol–water partition coefficient (Wildman–Crippen LogP) is 7.11. The molecule has 4 heterocycles. The van der Waals surface area contributed by atoms with Crippen LogP contribution in [0.5, 0.6) is 0 Å². The largest absolute Gasteiger partial charge is 0.381 e. The molecular formula is C41H49N3O7S3. The van der Waals surface area contributed by atoms with Crippen LogP contribution >= 0.6 is 0 Å². The molecule has 10 nitrogen and oxygen atoms in total. The minimum Gasteiger partial charge on any atom is -0.381 e. The van der Waals surface area contributed by atoms with Gasteiger partial charge in [0.2, 0.25) is 30.1 Å². The topological polar surface area (TPSA) is 121 Å². The van der Waals surface area contributed by atoms with Crippen LogP contribution in [-0.2, 0) is 67.5 Å². The van der Waals surface area contributed by atoms with Crippen molar-refractivity contribution >= 4 is 30.1 Å². The van der Waals surface area contributed by atoms with Crippen LogP contribution in [0.3, 0.4) is 0 Å². The zero-order valence-electron chi connectivity index (χ0n) is 31.8. The third-order valence-electron chi connectivity index (χ3n) is 10.9. The van der Waals surface area contributed by atoms with Gasteiger partial charge in [0.1, 0.15) is 0 Å². The Bertz CT molecular complexity index is 2370.